The van der Waals surface area contributed by atoms with Crippen LogP contribution >= 0.6 is 0 Å². The molecule has 4 nitrogen and oxygen atoms in total. The largest absolute Gasteiger partial charge is 0.468 e. The van der Waals surface area contributed by atoms with Gasteiger partial charge in [0.05, 0.1) is 13.7 Å². The number of rotatable bonds is 6. The van der Waals surface area contributed by atoms with Crippen LogP contribution in [0.3, 0.4) is 0 Å². The molecular formula is C16H23NO3. The average molecular weight is 277 g/mol. The van der Waals surface area contributed by atoms with Crippen molar-refractivity contribution in [2.45, 2.75) is 44.8 Å². The van der Waals surface area contributed by atoms with E-state index in [1.165, 1.54) is 26.4 Å². The molecule has 1 aromatic carbocycles. The summed E-state index contributed by atoms with van der Waals surface area (Å²) < 4.78 is 4.89. The molecule has 1 saturated carbocycles. The molecule has 0 amide bonds. The Morgan fingerprint density at radius 1 is 1.25 bits per heavy atom. The standard InChI is InChI=1S/C16H23NO3/c1-19-16(18)15(14-10-6-3-7-11-14)17-20-12-13-8-4-2-5-9-13/h2,4-5,8-9,14-15,17H,3,6-7,10-12H2,1H3. The fourth-order valence-electron chi connectivity index (χ4n) is 2.72. The molecule has 0 heterocycles. The van der Waals surface area contributed by atoms with Crippen molar-refractivity contribution in [3.63, 3.8) is 0 Å². The zero-order valence-corrected chi connectivity index (χ0v) is 12.0. The first-order chi connectivity index (χ1) is 9.81. The van der Waals surface area contributed by atoms with E-state index < -0.39 is 0 Å². The maximum absolute atomic E-state index is 11.9. The number of hydrogen-bond donors (Lipinski definition) is 1. The van der Waals surface area contributed by atoms with Crippen LogP contribution < -0.4 is 5.48 Å². The van der Waals surface area contributed by atoms with Gasteiger partial charge in [0.2, 0.25) is 0 Å². The topological polar surface area (TPSA) is 47.6 Å². The minimum absolute atomic E-state index is 0.232. The van der Waals surface area contributed by atoms with Gasteiger partial charge in [0, 0.05) is 0 Å². The zero-order chi connectivity index (χ0) is 14.2. The molecule has 1 aliphatic rings. The number of carbonyl (C=O) groups excluding carboxylic acids is 1. The van der Waals surface area contributed by atoms with E-state index >= 15 is 0 Å². The number of carbonyl (C=O) groups is 1. The number of benzene rings is 1. The summed E-state index contributed by atoms with van der Waals surface area (Å²) >= 11 is 0. The lowest BCUT2D eigenvalue weighted by atomic mass is 9.84. The van der Waals surface area contributed by atoms with Gasteiger partial charge in [-0.2, -0.15) is 5.48 Å². The van der Waals surface area contributed by atoms with E-state index in [0.717, 1.165) is 18.4 Å². The molecule has 0 bridgehead atoms. The lowest BCUT2D eigenvalue weighted by Crippen LogP contribution is -2.44. The van der Waals surface area contributed by atoms with E-state index in [-0.39, 0.29) is 12.0 Å². The normalized spacial score (nSPS) is 17.6. The molecule has 0 aromatic heterocycles. The Morgan fingerprint density at radius 2 is 1.95 bits per heavy atom. The van der Waals surface area contributed by atoms with Crippen molar-refractivity contribution in [1.82, 2.24) is 5.48 Å². The second-order valence-electron chi connectivity index (χ2n) is 5.29. The molecule has 0 radical (unpaired) electrons. The SMILES string of the molecule is COC(=O)C(NOCc1ccccc1)C1CCCCC1. The molecule has 0 spiro atoms. The maximum Gasteiger partial charge on any atom is 0.325 e. The van der Waals surface area contributed by atoms with Gasteiger partial charge in [-0.15, -0.1) is 0 Å². The van der Waals surface area contributed by atoms with Crippen molar-refractivity contribution in [2.75, 3.05) is 7.11 Å². The Balaban J connectivity index is 1.85. The minimum atomic E-state index is -0.357. The number of methoxy groups -OCH3 is 1. The maximum atomic E-state index is 11.9. The lowest BCUT2D eigenvalue weighted by Gasteiger charge is -2.28. The molecule has 2 rings (SSSR count). The number of ether oxygens (including phenoxy) is 1. The molecule has 1 aromatic rings. The van der Waals surface area contributed by atoms with Gasteiger partial charge >= 0.3 is 5.97 Å². The molecular weight excluding hydrogens is 254 g/mol. The van der Waals surface area contributed by atoms with Crippen LogP contribution in [0.4, 0.5) is 0 Å². The fourth-order valence-corrected chi connectivity index (χ4v) is 2.72. The first-order valence-electron chi connectivity index (χ1n) is 7.30. The fraction of sp³-hybridized carbons (Fsp3) is 0.562. The number of esters is 1. The summed E-state index contributed by atoms with van der Waals surface area (Å²) in [6.45, 7) is 0.445. The Hall–Kier alpha value is -1.39. The van der Waals surface area contributed by atoms with Crippen LogP contribution in [0, 0.1) is 5.92 Å². The van der Waals surface area contributed by atoms with Crippen molar-refractivity contribution < 1.29 is 14.4 Å². The van der Waals surface area contributed by atoms with E-state index in [0.29, 0.717) is 12.5 Å². The highest BCUT2D eigenvalue weighted by molar-refractivity contribution is 5.75. The van der Waals surface area contributed by atoms with Crippen LogP contribution in [-0.4, -0.2) is 19.1 Å². The van der Waals surface area contributed by atoms with Crippen LogP contribution in [-0.2, 0) is 21.0 Å². The molecule has 1 aliphatic carbocycles. The van der Waals surface area contributed by atoms with E-state index in [9.17, 15) is 4.79 Å². The Morgan fingerprint density at radius 3 is 2.60 bits per heavy atom. The van der Waals surface area contributed by atoms with Gasteiger partial charge in [-0.05, 0) is 24.3 Å². The third kappa shape index (κ3) is 4.32. The van der Waals surface area contributed by atoms with Gasteiger partial charge in [0.25, 0.3) is 0 Å². The van der Waals surface area contributed by atoms with Crippen LogP contribution in [0.15, 0.2) is 30.3 Å². The molecule has 1 unspecified atom stereocenters. The second kappa shape index (κ2) is 8.02. The quantitative estimate of drug-likeness (QED) is 0.641. The van der Waals surface area contributed by atoms with Gasteiger partial charge in [0.1, 0.15) is 6.04 Å². The minimum Gasteiger partial charge on any atom is -0.468 e. The van der Waals surface area contributed by atoms with Gasteiger partial charge < -0.3 is 4.74 Å². The summed E-state index contributed by atoms with van der Waals surface area (Å²) in [5.74, 6) is 0.0805. The van der Waals surface area contributed by atoms with E-state index in [1.807, 2.05) is 30.3 Å². The number of nitrogens with one attached hydrogen (secondary N) is 1. The highest BCUT2D eigenvalue weighted by atomic mass is 16.6. The van der Waals surface area contributed by atoms with Crippen LogP contribution in [0.2, 0.25) is 0 Å². The number of hydroxylamine groups is 1. The van der Waals surface area contributed by atoms with Crippen molar-refractivity contribution in [1.29, 1.82) is 0 Å². The summed E-state index contributed by atoms with van der Waals surface area (Å²) in [7, 11) is 1.43. The Kier molecular flexibility index (Phi) is 6.02. The van der Waals surface area contributed by atoms with Gasteiger partial charge in [-0.1, -0.05) is 49.6 Å². The zero-order valence-electron chi connectivity index (χ0n) is 12.0. The first kappa shape index (κ1) is 15.0. The molecule has 0 saturated heterocycles. The summed E-state index contributed by atoms with van der Waals surface area (Å²) in [4.78, 5) is 17.4. The van der Waals surface area contributed by atoms with Gasteiger partial charge in [0.15, 0.2) is 0 Å². The van der Waals surface area contributed by atoms with E-state index in [1.54, 1.807) is 0 Å². The lowest BCUT2D eigenvalue weighted by molar-refractivity contribution is -0.151. The highest BCUT2D eigenvalue weighted by Crippen LogP contribution is 2.27. The summed E-state index contributed by atoms with van der Waals surface area (Å²) in [5.41, 5.74) is 3.99. The van der Waals surface area contributed by atoms with Crippen molar-refractivity contribution in [3.8, 4) is 0 Å². The predicted molar refractivity (Wildman–Crippen MR) is 76.7 cm³/mol. The van der Waals surface area contributed by atoms with Crippen LogP contribution in [0.1, 0.15) is 37.7 Å². The van der Waals surface area contributed by atoms with E-state index in [2.05, 4.69) is 5.48 Å². The Labute approximate surface area is 120 Å². The van der Waals surface area contributed by atoms with Crippen molar-refractivity contribution in [2.24, 2.45) is 5.92 Å². The van der Waals surface area contributed by atoms with Crippen LogP contribution in [0.25, 0.3) is 0 Å². The monoisotopic (exact) mass is 277 g/mol. The third-order valence-corrected chi connectivity index (χ3v) is 3.87. The smallest absolute Gasteiger partial charge is 0.325 e. The molecule has 4 heteroatoms. The number of hydrogen-bond acceptors (Lipinski definition) is 4. The van der Waals surface area contributed by atoms with Crippen molar-refractivity contribution >= 4 is 5.97 Å². The first-order valence-corrected chi connectivity index (χ1v) is 7.30. The summed E-state index contributed by atoms with van der Waals surface area (Å²) in [6.07, 6.45) is 5.73. The highest BCUT2D eigenvalue weighted by Gasteiger charge is 2.30. The molecule has 20 heavy (non-hydrogen) atoms. The summed E-state index contributed by atoms with van der Waals surface area (Å²) in [6, 6.07) is 9.54. The van der Waals surface area contributed by atoms with Gasteiger partial charge in [-0.25, -0.2) is 0 Å². The molecule has 110 valence electrons. The Bertz CT molecular complexity index is 401. The van der Waals surface area contributed by atoms with Gasteiger partial charge in [-0.3, -0.25) is 9.63 Å². The molecule has 1 atom stereocenters. The van der Waals surface area contributed by atoms with Crippen molar-refractivity contribution in [3.05, 3.63) is 35.9 Å². The third-order valence-electron chi connectivity index (χ3n) is 3.87. The average Bonchev–Trinajstić information content (AvgIpc) is 2.53. The molecule has 1 N–H and O–H groups in total. The molecule has 1 fully saturated rings. The predicted octanol–water partition coefficient (Wildman–Crippen LogP) is 2.83. The van der Waals surface area contributed by atoms with E-state index in [4.69, 9.17) is 9.57 Å². The summed E-state index contributed by atoms with van der Waals surface area (Å²) in [5, 5.41) is 0. The van der Waals surface area contributed by atoms with Crippen LogP contribution in [0.5, 0.6) is 0 Å². The second-order valence-corrected chi connectivity index (χ2v) is 5.29. The molecule has 0 aliphatic heterocycles.